The van der Waals surface area contributed by atoms with Crippen molar-refractivity contribution >= 4 is 23.4 Å². The summed E-state index contributed by atoms with van der Waals surface area (Å²) in [6.07, 6.45) is 0.770. The molecule has 0 unspecified atom stereocenters. The lowest BCUT2D eigenvalue weighted by Gasteiger charge is -2.21. The summed E-state index contributed by atoms with van der Waals surface area (Å²) in [5.41, 5.74) is 0.787. The summed E-state index contributed by atoms with van der Waals surface area (Å²) in [5.74, 6) is 0.411. The number of tetrazole rings is 1. The first-order chi connectivity index (χ1) is 12.0. The van der Waals surface area contributed by atoms with Gasteiger partial charge in [-0.3, -0.25) is 9.59 Å². The third-order valence-corrected chi connectivity index (χ3v) is 4.38. The summed E-state index contributed by atoms with van der Waals surface area (Å²) in [4.78, 5) is 28.7. The highest BCUT2D eigenvalue weighted by Crippen LogP contribution is 2.17. The van der Waals surface area contributed by atoms with Crippen LogP contribution in [0.25, 0.3) is 11.4 Å². The van der Waals surface area contributed by atoms with Crippen LogP contribution in [-0.2, 0) is 16.1 Å². The van der Waals surface area contributed by atoms with E-state index in [1.807, 2.05) is 0 Å². The van der Waals surface area contributed by atoms with Crippen LogP contribution < -0.4 is 0 Å². The second kappa shape index (κ2) is 7.60. The summed E-state index contributed by atoms with van der Waals surface area (Å²) < 4.78 is 0. The predicted molar refractivity (Wildman–Crippen MR) is 91.7 cm³/mol. The Morgan fingerprint density at radius 1 is 1.08 bits per heavy atom. The summed E-state index contributed by atoms with van der Waals surface area (Å²) >= 11 is 5.87. The molecule has 1 fully saturated rings. The highest BCUT2D eigenvalue weighted by atomic mass is 35.5. The average Bonchev–Trinajstić information content (AvgIpc) is 2.90. The van der Waals surface area contributed by atoms with Crippen molar-refractivity contribution < 1.29 is 9.59 Å². The molecule has 0 aliphatic carbocycles. The maximum Gasteiger partial charge on any atom is 0.246 e. The van der Waals surface area contributed by atoms with Crippen molar-refractivity contribution in [1.82, 2.24) is 30.0 Å². The van der Waals surface area contributed by atoms with E-state index in [0.29, 0.717) is 37.0 Å². The number of halogens is 1. The van der Waals surface area contributed by atoms with Crippen molar-refractivity contribution in [2.24, 2.45) is 0 Å². The Kier molecular flexibility index (Phi) is 5.28. The standard InChI is InChI=1S/C16H19ClN6O2/c1-12(24)21-7-2-8-22(10-9-21)15(25)11-23-19-16(18-20-23)13-3-5-14(17)6-4-13/h3-6H,2,7-11H2,1H3. The van der Waals surface area contributed by atoms with Crippen molar-refractivity contribution in [1.29, 1.82) is 0 Å². The molecule has 0 bridgehead atoms. The summed E-state index contributed by atoms with van der Waals surface area (Å²) in [6, 6.07) is 7.11. The Balaban J connectivity index is 1.61. The number of carbonyl (C=O) groups is 2. The molecular formula is C16H19ClN6O2. The number of carbonyl (C=O) groups excluding carboxylic acids is 2. The van der Waals surface area contributed by atoms with Gasteiger partial charge < -0.3 is 9.80 Å². The van der Waals surface area contributed by atoms with Crippen LogP contribution in [0, 0.1) is 0 Å². The van der Waals surface area contributed by atoms with Crippen molar-refractivity contribution in [2.75, 3.05) is 26.2 Å². The zero-order chi connectivity index (χ0) is 17.8. The van der Waals surface area contributed by atoms with E-state index in [1.165, 1.54) is 4.80 Å². The van der Waals surface area contributed by atoms with E-state index in [4.69, 9.17) is 11.6 Å². The topological polar surface area (TPSA) is 84.2 Å². The first kappa shape index (κ1) is 17.3. The van der Waals surface area contributed by atoms with Gasteiger partial charge in [-0.2, -0.15) is 4.80 Å². The molecule has 9 heteroatoms. The van der Waals surface area contributed by atoms with E-state index in [9.17, 15) is 9.59 Å². The lowest BCUT2D eigenvalue weighted by atomic mass is 10.2. The fourth-order valence-electron chi connectivity index (χ4n) is 2.73. The molecule has 0 saturated carbocycles. The van der Waals surface area contributed by atoms with Crippen molar-refractivity contribution in [2.45, 2.75) is 19.9 Å². The van der Waals surface area contributed by atoms with Gasteiger partial charge >= 0.3 is 0 Å². The molecule has 2 heterocycles. The van der Waals surface area contributed by atoms with Gasteiger partial charge in [-0.25, -0.2) is 0 Å². The third kappa shape index (κ3) is 4.33. The van der Waals surface area contributed by atoms with Crippen LogP contribution in [0.15, 0.2) is 24.3 Å². The SMILES string of the molecule is CC(=O)N1CCCN(C(=O)Cn2nnc(-c3ccc(Cl)cc3)n2)CC1. The molecule has 1 aliphatic rings. The lowest BCUT2D eigenvalue weighted by Crippen LogP contribution is -2.38. The van der Waals surface area contributed by atoms with Gasteiger partial charge in [0.25, 0.3) is 0 Å². The Labute approximate surface area is 150 Å². The molecule has 0 N–H and O–H groups in total. The van der Waals surface area contributed by atoms with Gasteiger partial charge in [0.05, 0.1) is 0 Å². The van der Waals surface area contributed by atoms with Crippen molar-refractivity contribution in [3.63, 3.8) is 0 Å². The van der Waals surface area contributed by atoms with E-state index in [1.54, 1.807) is 41.0 Å². The maximum absolute atomic E-state index is 12.5. The fourth-order valence-corrected chi connectivity index (χ4v) is 2.85. The molecule has 2 aromatic rings. The molecule has 132 valence electrons. The van der Waals surface area contributed by atoms with Crippen LogP contribution in [0.4, 0.5) is 0 Å². The highest BCUT2D eigenvalue weighted by molar-refractivity contribution is 6.30. The van der Waals surface area contributed by atoms with E-state index in [0.717, 1.165) is 12.0 Å². The van der Waals surface area contributed by atoms with Crippen LogP contribution in [0.1, 0.15) is 13.3 Å². The van der Waals surface area contributed by atoms with Crippen LogP contribution in [0.5, 0.6) is 0 Å². The normalized spacial score (nSPS) is 15.1. The summed E-state index contributed by atoms with van der Waals surface area (Å²) in [5, 5.41) is 12.8. The smallest absolute Gasteiger partial charge is 0.246 e. The zero-order valence-corrected chi connectivity index (χ0v) is 14.7. The van der Waals surface area contributed by atoms with Crippen LogP contribution >= 0.6 is 11.6 Å². The van der Waals surface area contributed by atoms with Gasteiger partial charge in [0, 0.05) is 43.7 Å². The molecule has 1 aliphatic heterocycles. The maximum atomic E-state index is 12.5. The Hall–Kier alpha value is -2.48. The van der Waals surface area contributed by atoms with Crippen LogP contribution in [0.2, 0.25) is 5.02 Å². The van der Waals surface area contributed by atoms with Crippen LogP contribution in [0.3, 0.4) is 0 Å². The molecular weight excluding hydrogens is 344 g/mol. The minimum absolute atomic E-state index is 0.0284. The van der Waals surface area contributed by atoms with Gasteiger partial charge in [-0.05, 0) is 35.9 Å². The quantitative estimate of drug-likeness (QED) is 0.815. The number of hydrogen-bond donors (Lipinski definition) is 0. The van der Waals surface area contributed by atoms with E-state index >= 15 is 0 Å². The average molecular weight is 363 g/mol. The summed E-state index contributed by atoms with van der Waals surface area (Å²) in [6.45, 7) is 3.97. The first-order valence-electron chi connectivity index (χ1n) is 8.10. The molecule has 8 nitrogen and oxygen atoms in total. The second-order valence-electron chi connectivity index (χ2n) is 5.89. The summed E-state index contributed by atoms with van der Waals surface area (Å²) in [7, 11) is 0. The van der Waals surface area contributed by atoms with Gasteiger partial charge in [-0.15, -0.1) is 10.2 Å². The fraction of sp³-hybridized carbons (Fsp3) is 0.438. The molecule has 3 rings (SSSR count). The number of aromatic nitrogens is 4. The predicted octanol–water partition coefficient (Wildman–Crippen LogP) is 1.07. The Bertz CT molecular complexity index is 760. The monoisotopic (exact) mass is 362 g/mol. The van der Waals surface area contributed by atoms with E-state index < -0.39 is 0 Å². The number of amides is 2. The number of benzene rings is 1. The molecule has 2 amide bonds. The zero-order valence-electron chi connectivity index (χ0n) is 13.9. The largest absolute Gasteiger partial charge is 0.341 e. The molecule has 0 atom stereocenters. The molecule has 0 spiro atoms. The van der Waals surface area contributed by atoms with Gasteiger partial charge in [0.1, 0.15) is 6.54 Å². The minimum Gasteiger partial charge on any atom is -0.341 e. The molecule has 0 radical (unpaired) electrons. The van der Waals surface area contributed by atoms with Gasteiger partial charge in [0.2, 0.25) is 17.6 Å². The van der Waals surface area contributed by atoms with Gasteiger partial charge in [0.15, 0.2) is 0 Å². The Morgan fingerprint density at radius 3 is 2.48 bits per heavy atom. The Morgan fingerprint density at radius 2 is 1.76 bits per heavy atom. The number of nitrogens with zero attached hydrogens (tertiary/aromatic N) is 6. The van der Waals surface area contributed by atoms with Crippen LogP contribution in [-0.4, -0.2) is 68.0 Å². The third-order valence-electron chi connectivity index (χ3n) is 4.13. The highest BCUT2D eigenvalue weighted by Gasteiger charge is 2.21. The van der Waals surface area contributed by atoms with Crippen molar-refractivity contribution in [3.05, 3.63) is 29.3 Å². The number of hydrogen-bond acceptors (Lipinski definition) is 5. The second-order valence-corrected chi connectivity index (χ2v) is 6.33. The first-order valence-corrected chi connectivity index (χ1v) is 8.48. The van der Waals surface area contributed by atoms with E-state index in [2.05, 4.69) is 15.4 Å². The lowest BCUT2D eigenvalue weighted by molar-refractivity contribution is -0.133. The van der Waals surface area contributed by atoms with E-state index in [-0.39, 0.29) is 18.4 Å². The molecule has 25 heavy (non-hydrogen) atoms. The molecule has 1 saturated heterocycles. The molecule has 1 aromatic heterocycles. The molecule has 1 aromatic carbocycles. The minimum atomic E-state index is -0.0783. The van der Waals surface area contributed by atoms with Crippen molar-refractivity contribution in [3.8, 4) is 11.4 Å². The number of rotatable bonds is 3. The van der Waals surface area contributed by atoms with Gasteiger partial charge in [-0.1, -0.05) is 11.6 Å².